The number of nitrogens with one attached hydrogen (secondary N) is 2. The minimum atomic E-state index is -0.336. The Bertz CT molecular complexity index is 1060. The van der Waals surface area contributed by atoms with Crippen LogP contribution in [0.1, 0.15) is 18.1 Å². The molecule has 166 valence electrons. The van der Waals surface area contributed by atoms with E-state index in [2.05, 4.69) is 15.8 Å². The van der Waals surface area contributed by atoms with E-state index in [1.54, 1.807) is 24.3 Å². The molecule has 0 fully saturated rings. The quantitative estimate of drug-likeness (QED) is 0.332. The number of anilines is 1. The van der Waals surface area contributed by atoms with Gasteiger partial charge >= 0.3 is 0 Å². The Balaban J connectivity index is 1.54. The van der Waals surface area contributed by atoms with Gasteiger partial charge in [0.05, 0.1) is 19.4 Å². The Kier molecular flexibility index (Phi) is 8.45. The van der Waals surface area contributed by atoms with E-state index in [0.29, 0.717) is 35.4 Å². The number of carbonyl (C=O) groups is 1. The van der Waals surface area contributed by atoms with E-state index in [1.165, 1.54) is 18.3 Å². The SMILES string of the molecule is CCOc1cc(/C=N\NC(=O)CNc2ccc(F)cc2)ccc1OCc1ccc(Cl)cc1. The van der Waals surface area contributed by atoms with Gasteiger partial charge in [-0.25, -0.2) is 9.82 Å². The third-order valence-electron chi connectivity index (χ3n) is 4.28. The van der Waals surface area contributed by atoms with E-state index >= 15 is 0 Å². The Morgan fingerprint density at radius 2 is 1.78 bits per heavy atom. The van der Waals surface area contributed by atoms with Crippen LogP contribution in [-0.4, -0.2) is 25.3 Å². The summed E-state index contributed by atoms with van der Waals surface area (Å²) in [5.41, 5.74) is 4.80. The van der Waals surface area contributed by atoms with Gasteiger partial charge < -0.3 is 14.8 Å². The van der Waals surface area contributed by atoms with Crippen molar-refractivity contribution in [2.45, 2.75) is 13.5 Å². The number of carbonyl (C=O) groups excluding carboxylic acids is 1. The lowest BCUT2D eigenvalue weighted by Crippen LogP contribution is -2.25. The molecule has 2 N–H and O–H groups in total. The fourth-order valence-electron chi connectivity index (χ4n) is 2.70. The Morgan fingerprint density at radius 3 is 2.50 bits per heavy atom. The molecule has 32 heavy (non-hydrogen) atoms. The van der Waals surface area contributed by atoms with Crippen molar-refractivity contribution >= 4 is 29.4 Å². The summed E-state index contributed by atoms with van der Waals surface area (Å²) in [5.74, 6) is 0.511. The van der Waals surface area contributed by atoms with E-state index in [0.717, 1.165) is 11.1 Å². The zero-order valence-corrected chi connectivity index (χ0v) is 18.2. The standard InChI is InChI=1S/C24H23ClFN3O3/c1-2-31-23-13-18(5-12-22(23)32-16-17-3-6-19(25)7-4-17)14-28-29-24(30)15-27-21-10-8-20(26)9-11-21/h3-14,27H,2,15-16H2,1H3,(H,29,30)/b28-14-. The zero-order chi connectivity index (χ0) is 22.8. The number of nitrogens with zero attached hydrogens (tertiary/aromatic N) is 1. The first-order valence-electron chi connectivity index (χ1n) is 9.99. The molecule has 0 aliphatic heterocycles. The van der Waals surface area contributed by atoms with Crippen LogP contribution in [0.3, 0.4) is 0 Å². The number of rotatable bonds is 10. The highest BCUT2D eigenvalue weighted by molar-refractivity contribution is 6.30. The second-order valence-corrected chi connectivity index (χ2v) is 7.14. The van der Waals surface area contributed by atoms with Crippen LogP contribution in [0, 0.1) is 5.82 Å². The number of halogens is 2. The summed E-state index contributed by atoms with van der Waals surface area (Å²) in [6.07, 6.45) is 1.52. The second-order valence-electron chi connectivity index (χ2n) is 6.71. The van der Waals surface area contributed by atoms with E-state index in [-0.39, 0.29) is 18.3 Å². The molecule has 0 saturated heterocycles. The average Bonchev–Trinajstić information content (AvgIpc) is 2.79. The molecule has 0 unspecified atom stereocenters. The first-order valence-corrected chi connectivity index (χ1v) is 10.4. The summed E-state index contributed by atoms with van der Waals surface area (Å²) in [7, 11) is 0. The lowest BCUT2D eigenvalue weighted by atomic mass is 10.2. The highest BCUT2D eigenvalue weighted by Crippen LogP contribution is 2.29. The molecule has 0 aliphatic rings. The van der Waals surface area contributed by atoms with Gasteiger partial charge in [0.1, 0.15) is 12.4 Å². The van der Waals surface area contributed by atoms with Crippen molar-refractivity contribution in [3.8, 4) is 11.5 Å². The molecular formula is C24H23ClFN3O3. The van der Waals surface area contributed by atoms with Gasteiger partial charge in [0.15, 0.2) is 11.5 Å². The van der Waals surface area contributed by atoms with E-state index in [1.807, 2.05) is 37.3 Å². The predicted molar refractivity (Wildman–Crippen MR) is 124 cm³/mol. The van der Waals surface area contributed by atoms with Crippen molar-refractivity contribution in [2.24, 2.45) is 5.10 Å². The molecule has 6 nitrogen and oxygen atoms in total. The minimum Gasteiger partial charge on any atom is -0.490 e. The first kappa shape index (κ1) is 23.1. The van der Waals surface area contributed by atoms with Crippen molar-refractivity contribution in [3.63, 3.8) is 0 Å². The maximum atomic E-state index is 12.9. The molecule has 0 atom stereocenters. The van der Waals surface area contributed by atoms with Crippen LogP contribution in [-0.2, 0) is 11.4 Å². The Hall–Kier alpha value is -3.58. The number of ether oxygens (including phenoxy) is 2. The van der Waals surface area contributed by atoms with Crippen LogP contribution in [0.25, 0.3) is 0 Å². The van der Waals surface area contributed by atoms with Crippen LogP contribution in [0.4, 0.5) is 10.1 Å². The summed E-state index contributed by atoms with van der Waals surface area (Å²) in [4.78, 5) is 11.9. The van der Waals surface area contributed by atoms with Gasteiger partial charge in [0.25, 0.3) is 5.91 Å². The molecule has 0 saturated carbocycles. The van der Waals surface area contributed by atoms with Crippen LogP contribution in [0.15, 0.2) is 71.8 Å². The van der Waals surface area contributed by atoms with E-state index in [4.69, 9.17) is 21.1 Å². The summed E-state index contributed by atoms with van der Waals surface area (Å²) in [6, 6.07) is 18.6. The minimum absolute atomic E-state index is 0.00461. The lowest BCUT2D eigenvalue weighted by Gasteiger charge is -2.12. The Labute approximate surface area is 191 Å². The topological polar surface area (TPSA) is 72.0 Å². The monoisotopic (exact) mass is 455 g/mol. The molecule has 0 bridgehead atoms. The average molecular weight is 456 g/mol. The summed E-state index contributed by atoms with van der Waals surface area (Å²) in [5, 5.41) is 7.53. The molecule has 8 heteroatoms. The van der Waals surface area contributed by atoms with Crippen LogP contribution in [0.2, 0.25) is 5.02 Å². The fraction of sp³-hybridized carbons (Fsp3) is 0.167. The number of hydrogen-bond donors (Lipinski definition) is 2. The largest absolute Gasteiger partial charge is 0.490 e. The molecule has 0 spiro atoms. The molecule has 3 rings (SSSR count). The summed E-state index contributed by atoms with van der Waals surface area (Å²) in [6.45, 7) is 2.74. The van der Waals surface area contributed by atoms with Crippen molar-refractivity contribution in [3.05, 3.63) is 88.7 Å². The molecule has 0 radical (unpaired) electrons. The second kappa shape index (κ2) is 11.7. The first-order chi connectivity index (χ1) is 15.5. The summed E-state index contributed by atoms with van der Waals surface area (Å²) >= 11 is 5.91. The van der Waals surface area contributed by atoms with Crippen LogP contribution >= 0.6 is 11.6 Å². The maximum Gasteiger partial charge on any atom is 0.259 e. The molecular weight excluding hydrogens is 433 g/mol. The molecule has 3 aromatic carbocycles. The van der Waals surface area contributed by atoms with Crippen LogP contribution < -0.4 is 20.2 Å². The van der Waals surface area contributed by atoms with Crippen LogP contribution in [0.5, 0.6) is 11.5 Å². The zero-order valence-electron chi connectivity index (χ0n) is 17.5. The van der Waals surface area contributed by atoms with Gasteiger partial charge in [0.2, 0.25) is 0 Å². The Morgan fingerprint density at radius 1 is 1.03 bits per heavy atom. The van der Waals surface area contributed by atoms with Crippen molar-refractivity contribution in [1.29, 1.82) is 0 Å². The maximum absolute atomic E-state index is 12.9. The molecule has 3 aromatic rings. The van der Waals surface area contributed by atoms with E-state index in [9.17, 15) is 9.18 Å². The van der Waals surface area contributed by atoms with Crippen molar-refractivity contribution in [2.75, 3.05) is 18.5 Å². The third-order valence-corrected chi connectivity index (χ3v) is 4.53. The highest BCUT2D eigenvalue weighted by atomic mass is 35.5. The van der Waals surface area contributed by atoms with E-state index < -0.39 is 0 Å². The van der Waals surface area contributed by atoms with Gasteiger partial charge in [-0.1, -0.05) is 23.7 Å². The highest BCUT2D eigenvalue weighted by Gasteiger charge is 2.07. The lowest BCUT2D eigenvalue weighted by molar-refractivity contribution is -0.119. The number of benzene rings is 3. The molecule has 0 aliphatic carbocycles. The van der Waals surface area contributed by atoms with Gasteiger partial charge in [-0.05, 0) is 72.6 Å². The third kappa shape index (κ3) is 7.28. The molecule has 0 aromatic heterocycles. The van der Waals surface area contributed by atoms with Gasteiger partial charge in [0, 0.05) is 10.7 Å². The fourth-order valence-corrected chi connectivity index (χ4v) is 2.83. The van der Waals surface area contributed by atoms with Crippen molar-refractivity contribution in [1.82, 2.24) is 5.43 Å². The van der Waals surface area contributed by atoms with Gasteiger partial charge in [-0.2, -0.15) is 5.10 Å². The predicted octanol–water partition coefficient (Wildman–Crippen LogP) is 5.02. The molecule has 1 amide bonds. The number of hydrogen-bond acceptors (Lipinski definition) is 5. The normalized spacial score (nSPS) is 10.7. The number of hydrazone groups is 1. The smallest absolute Gasteiger partial charge is 0.259 e. The van der Waals surface area contributed by atoms with Gasteiger partial charge in [-0.15, -0.1) is 0 Å². The summed E-state index contributed by atoms with van der Waals surface area (Å²) < 4.78 is 24.5. The van der Waals surface area contributed by atoms with Crippen molar-refractivity contribution < 1.29 is 18.7 Å². The van der Waals surface area contributed by atoms with Gasteiger partial charge in [-0.3, -0.25) is 4.79 Å². The number of amides is 1. The molecule has 0 heterocycles.